The molecule has 0 radical (unpaired) electrons. The second-order valence-corrected chi connectivity index (χ2v) is 7.66. The van der Waals surface area contributed by atoms with Gasteiger partial charge in [-0.1, -0.05) is 30.3 Å². The molecule has 1 saturated heterocycles. The van der Waals surface area contributed by atoms with Crippen molar-refractivity contribution in [3.8, 4) is 0 Å². The molecule has 7 nitrogen and oxygen atoms in total. The first-order valence-electron chi connectivity index (χ1n) is 9.50. The summed E-state index contributed by atoms with van der Waals surface area (Å²) in [5.74, 6) is 0.165. The lowest BCUT2D eigenvalue weighted by atomic mass is 9.95. The zero-order valence-electron chi connectivity index (χ0n) is 16.8. The number of amides is 1. The van der Waals surface area contributed by atoms with Crippen LogP contribution in [0.15, 0.2) is 35.1 Å². The van der Waals surface area contributed by atoms with Gasteiger partial charge in [0.25, 0.3) is 5.56 Å². The summed E-state index contributed by atoms with van der Waals surface area (Å²) in [6.07, 6.45) is 0.225. The fourth-order valence-corrected chi connectivity index (χ4v) is 4.26. The molecule has 0 spiro atoms. The Hall–Kier alpha value is -2.64. The number of nitrogens with one attached hydrogen (secondary N) is 1. The summed E-state index contributed by atoms with van der Waals surface area (Å²) in [6, 6.07) is 10.0. The highest BCUT2D eigenvalue weighted by molar-refractivity contribution is 5.85. The van der Waals surface area contributed by atoms with Crippen LogP contribution < -0.4 is 11.3 Å². The Kier molecular flexibility index (Phi) is 5.82. The van der Waals surface area contributed by atoms with Gasteiger partial charge < -0.3 is 10.6 Å². The molecule has 4 rings (SSSR count). The van der Waals surface area contributed by atoms with Crippen molar-refractivity contribution in [2.24, 2.45) is 12.8 Å². The molecular weight excluding hydrogens is 390 g/mol. The van der Waals surface area contributed by atoms with Crippen LogP contribution >= 0.6 is 12.4 Å². The van der Waals surface area contributed by atoms with Crippen LogP contribution in [0.2, 0.25) is 0 Å². The van der Waals surface area contributed by atoms with Crippen molar-refractivity contribution in [3.05, 3.63) is 63.1 Å². The molecule has 1 aliphatic heterocycles. The average Bonchev–Trinajstić information content (AvgIpc) is 3.19. The molecule has 8 heteroatoms. The van der Waals surface area contributed by atoms with E-state index < -0.39 is 0 Å². The van der Waals surface area contributed by atoms with Crippen LogP contribution in [0.3, 0.4) is 0 Å². The third-order valence-corrected chi connectivity index (χ3v) is 5.85. The summed E-state index contributed by atoms with van der Waals surface area (Å²) in [4.78, 5) is 31.6. The number of nitrogens with zero attached hydrogens (tertiary/aromatic N) is 3. The van der Waals surface area contributed by atoms with Gasteiger partial charge in [-0.15, -0.1) is 12.4 Å². The second-order valence-electron chi connectivity index (χ2n) is 7.66. The van der Waals surface area contributed by atoms with Gasteiger partial charge in [-0.3, -0.25) is 19.4 Å². The smallest absolute Gasteiger partial charge is 0.273 e. The normalized spacial score (nSPS) is 18.8. The number of carbonyl (C=O) groups is 1. The van der Waals surface area contributed by atoms with Crippen LogP contribution in [0.4, 0.5) is 0 Å². The Labute approximate surface area is 175 Å². The van der Waals surface area contributed by atoms with Gasteiger partial charge >= 0.3 is 0 Å². The minimum Gasteiger partial charge on any atom is -0.340 e. The molecule has 0 bridgehead atoms. The van der Waals surface area contributed by atoms with Crippen LogP contribution in [0.25, 0.3) is 11.0 Å². The quantitative estimate of drug-likeness (QED) is 0.681. The molecule has 1 aromatic carbocycles. The summed E-state index contributed by atoms with van der Waals surface area (Å²) < 4.78 is 1.62. The summed E-state index contributed by atoms with van der Waals surface area (Å²) in [5.41, 5.74) is 10.4. The summed E-state index contributed by atoms with van der Waals surface area (Å²) in [5, 5.41) is 3.29. The number of nitrogens with two attached hydrogens (primary N) is 1. The van der Waals surface area contributed by atoms with Gasteiger partial charge in [0.1, 0.15) is 0 Å². The van der Waals surface area contributed by atoms with Crippen molar-refractivity contribution in [1.29, 1.82) is 0 Å². The molecule has 0 saturated carbocycles. The number of pyridine rings is 1. The van der Waals surface area contributed by atoms with E-state index in [0.717, 1.165) is 22.4 Å². The monoisotopic (exact) mass is 415 g/mol. The van der Waals surface area contributed by atoms with Crippen molar-refractivity contribution in [2.75, 3.05) is 13.1 Å². The molecular formula is C21H26ClN5O2. The van der Waals surface area contributed by atoms with Gasteiger partial charge in [0, 0.05) is 37.8 Å². The maximum absolute atomic E-state index is 13.0. The van der Waals surface area contributed by atoms with Crippen LogP contribution in [0.5, 0.6) is 0 Å². The lowest BCUT2D eigenvalue weighted by Crippen LogP contribution is -2.33. The number of halogens is 1. The van der Waals surface area contributed by atoms with E-state index >= 15 is 0 Å². The number of carbonyl (C=O) groups excluding carboxylic acids is 1. The summed E-state index contributed by atoms with van der Waals surface area (Å²) in [7, 11) is 1.76. The van der Waals surface area contributed by atoms with Gasteiger partial charge in [-0.05, 0) is 30.5 Å². The number of likely N-dealkylation sites (tertiary alicyclic amines) is 1. The maximum Gasteiger partial charge on any atom is 0.273 e. The standard InChI is InChI=1S/C21H25N5O2.ClH/c1-12-15(13(2)23-20-19(12)21(28)24-25(20)3)9-18(27)26-10-16(17(22)11-26)14-7-5-4-6-8-14;/h4-8,16-17H,9-11,22H2,1-3H3,(H,24,28);1H/t16-,17+;/m0./s1. The predicted octanol–water partition coefficient (Wildman–Crippen LogP) is 1.80. The molecule has 3 N–H and O–H groups in total. The molecule has 1 aliphatic rings. The first-order valence-corrected chi connectivity index (χ1v) is 9.50. The fraction of sp³-hybridized carbons (Fsp3) is 0.381. The topological polar surface area (TPSA) is 97.0 Å². The number of hydrogen-bond acceptors (Lipinski definition) is 4. The number of aromatic amines is 1. The number of aryl methyl sites for hydroxylation is 3. The lowest BCUT2D eigenvalue weighted by Gasteiger charge is -2.18. The van der Waals surface area contributed by atoms with Crippen LogP contribution in [-0.4, -0.2) is 44.7 Å². The molecule has 0 unspecified atom stereocenters. The molecule has 0 aliphatic carbocycles. The minimum absolute atomic E-state index is 0. The Morgan fingerprint density at radius 2 is 1.93 bits per heavy atom. The number of H-pyrrole nitrogens is 1. The van der Waals surface area contributed by atoms with Gasteiger partial charge in [0.15, 0.2) is 5.65 Å². The number of benzene rings is 1. The van der Waals surface area contributed by atoms with Gasteiger partial charge in [0.2, 0.25) is 5.91 Å². The molecule has 1 amide bonds. The Morgan fingerprint density at radius 1 is 1.24 bits per heavy atom. The Morgan fingerprint density at radius 3 is 2.62 bits per heavy atom. The highest BCUT2D eigenvalue weighted by Crippen LogP contribution is 2.28. The van der Waals surface area contributed by atoms with Gasteiger partial charge in [-0.2, -0.15) is 0 Å². The Bertz CT molecular complexity index is 1110. The first kappa shape index (κ1) is 21.1. The predicted molar refractivity (Wildman–Crippen MR) is 115 cm³/mol. The van der Waals surface area contributed by atoms with E-state index in [1.54, 1.807) is 11.7 Å². The number of rotatable bonds is 3. The second kappa shape index (κ2) is 8.00. The lowest BCUT2D eigenvalue weighted by molar-refractivity contribution is -0.129. The van der Waals surface area contributed by atoms with Crippen molar-refractivity contribution in [2.45, 2.75) is 32.2 Å². The van der Waals surface area contributed by atoms with E-state index in [9.17, 15) is 9.59 Å². The largest absolute Gasteiger partial charge is 0.340 e. The highest BCUT2D eigenvalue weighted by Gasteiger charge is 2.34. The molecule has 1 fully saturated rings. The van der Waals surface area contributed by atoms with Gasteiger partial charge in [-0.25, -0.2) is 4.98 Å². The van der Waals surface area contributed by atoms with Crippen LogP contribution in [-0.2, 0) is 18.3 Å². The number of hydrogen-bond donors (Lipinski definition) is 2. The molecule has 3 heterocycles. The minimum atomic E-state index is -0.177. The summed E-state index contributed by atoms with van der Waals surface area (Å²) in [6.45, 7) is 4.92. The molecule has 154 valence electrons. The average molecular weight is 416 g/mol. The third kappa shape index (κ3) is 3.68. The molecule has 2 aromatic heterocycles. The molecule has 3 aromatic rings. The van der Waals surface area contributed by atoms with Crippen molar-refractivity contribution in [3.63, 3.8) is 0 Å². The highest BCUT2D eigenvalue weighted by atomic mass is 35.5. The van der Waals surface area contributed by atoms with E-state index in [2.05, 4.69) is 22.2 Å². The Balaban J connectivity index is 0.00000240. The SMILES string of the molecule is Cc1nc2c(c(C)c1CC(=O)N1C[C@@H](N)[C@H](c3ccccc3)C1)c(=O)[nH]n2C.Cl. The molecule has 2 atom stereocenters. The van der Waals surface area contributed by atoms with Crippen molar-refractivity contribution in [1.82, 2.24) is 19.7 Å². The first-order chi connectivity index (χ1) is 13.4. The number of aromatic nitrogens is 3. The van der Waals surface area contributed by atoms with Gasteiger partial charge in [0.05, 0.1) is 11.8 Å². The fourth-order valence-electron chi connectivity index (χ4n) is 4.26. The van der Waals surface area contributed by atoms with E-state index in [-0.39, 0.29) is 42.3 Å². The van der Waals surface area contributed by atoms with E-state index in [1.807, 2.05) is 36.9 Å². The third-order valence-electron chi connectivity index (χ3n) is 5.85. The van der Waals surface area contributed by atoms with E-state index in [0.29, 0.717) is 24.1 Å². The zero-order chi connectivity index (χ0) is 20.0. The maximum atomic E-state index is 13.0. The van der Waals surface area contributed by atoms with Crippen molar-refractivity contribution < 1.29 is 4.79 Å². The van der Waals surface area contributed by atoms with Crippen LogP contribution in [0, 0.1) is 13.8 Å². The van der Waals surface area contributed by atoms with E-state index in [4.69, 9.17) is 5.73 Å². The molecule has 29 heavy (non-hydrogen) atoms. The zero-order valence-corrected chi connectivity index (χ0v) is 17.6. The number of fused-ring (bicyclic) bond motifs is 1. The van der Waals surface area contributed by atoms with E-state index in [1.165, 1.54) is 0 Å². The van der Waals surface area contributed by atoms with Crippen LogP contribution in [0.1, 0.15) is 28.3 Å². The van der Waals surface area contributed by atoms with Crippen molar-refractivity contribution >= 4 is 29.3 Å². The summed E-state index contributed by atoms with van der Waals surface area (Å²) >= 11 is 0.